The third-order valence-corrected chi connectivity index (χ3v) is 1.47. The Labute approximate surface area is 76.0 Å². The van der Waals surface area contributed by atoms with Crippen molar-refractivity contribution in [3.05, 3.63) is 23.9 Å². The number of methoxy groups -OCH3 is 1. The van der Waals surface area contributed by atoms with Gasteiger partial charge in [0.2, 0.25) is 5.88 Å². The minimum absolute atomic E-state index is 0.472. The quantitative estimate of drug-likeness (QED) is 0.551. The molecule has 0 spiro atoms. The van der Waals surface area contributed by atoms with Gasteiger partial charge in [0.1, 0.15) is 6.29 Å². The van der Waals surface area contributed by atoms with E-state index in [0.29, 0.717) is 23.5 Å². The van der Waals surface area contributed by atoms with Gasteiger partial charge in [0.15, 0.2) is 0 Å². The number of aldehydes is 1. The smallest absolute Gasteiger partial charge is 0.213 e. The van der Waals surface area contributed by atoms with E-state index in [1.54, 1.807) is 12.1 Å². The molecule has 0 amide bonds. The fraction of sp³-hybridized carbons (Fsp3) is 0.111. The van der Waals surface area contributed by atoms with E-state index in [-0.39, 0.29) is 0 Å². The highest BCUT2D eigenvalue weighted by molar-refractivity contribution is 5.75. The van der Waals surface area contributed by atoms with Crippen LogP contribution in [0.5, 0.6) is 5.88 Å². The van der Waals surface area contributed by atoms with Crippen molar-refractivity contribution in [3.63, 3.8) is 0 Å². The second-order valence-corrected chi connectivity index (χ2v) is 2.32. The zero-order valence-corrected chi connectivity index (χ0v) is 7.23. The van der Waals surface area contributed by atoms with Gasteiger partial charge in [-0.15, -0.1) is 0 Å². The van der Waals surface area contributed by atoms with Gasteiger partial charge in [-0.25, -0.2) is 4.98 Å². The van der Waals surface area contributed by atoms with E-state index >= 15 is 0 Å². The number of nitrogens with zero attached hydrogens (tertiary/aromatic N) is 1. The van der Waals surface area contributed by atoms with Gasteiger partial charge in [0.25, 0.3) is 0 Å². The van der Waals surface area contributed by atoms with Gasteiger partial charge in [-0.05, 0) is 18.2 Å². The molecule has 1 aromatic rings. The first-order valence-corrected chi connectivity index (χ1v) is 3.70. The molecule has 0 fully saturated rings. The highest BCUT2D eigenvalue weighted by atomic mass is 16.5. The molecule has 4 nitrogen and oxygen atoms in total. The number of nitrogen functional groups attached to an aromatic ring is 1. The SMILES string of the molecule is COc1ccc(N)c(C=CC=O)n1. The third kappa shape index (κ3) is 2.30. The second-order valence-electron chi connectivity index (χ2n) is 2.32. The molecule has 0 atom stereocenters. The Morgan fingerprint density at radius 1 is 1.54 bits per heavy atom. The zero-order valence-electron chi connectivity index (χ0n) is 7.23. The summed E-state index contributed by atoms with van der Waals surface area (Å²) in [7, 11) is 1.52. The minimum atomic E-state index is 0.472. The van der Waals surface area contributed by atoms with Gasteiger partial charge >= 0.3 is 0 Å². The predicted molar refractivity (Wildman–Crippen MR) is 50.3 cm³/mol. The molecule has 0 aliphatic carbocycles. The number of nitrogens with two attached hydrogens (primary N) is 1. The molecular weight excluding hydrogens is 168 g/mol. The predicted octanol–water partition coefficient (Wildman–Crippen LogP) is 0.884. The van der Waals surface area contributed by atoms with E-state index in [1.807, 2.05) is 0 Å². The summed E-state index contributed by atoms with van der Waals surface area (Å²) in [5.74, 6) is 0.472. The number of pyridine rings is 1. The van der Waals surface area contributed by atoms with Crippen LogP contribution in [-0.4, -0.2) is 18.4 Å². The van der Waals surface area contributed by atoms with Crippen molar-refractivity contribution >= 4 is 18.0 Å². The van der Waals surface area contributed by atoms with E-state index in [1.165, 1.54) is 19.3 Å². The standard InChI is InChI=1S/C9H10N2O2/c1-13-9-5-4-7(10)8(11-9)3-2-6-12/h2-6H,10H2,1H3. The Bertz CT molecular complexity index is 334. The molecule has 2 N–H and O–H groups in total. The Hall–Kier alpha value is -1.84. The largest absolute Gasteiger partial charge is 0.481 e. The summed E-state index contributed by atoms with van der Waals surface area (Å²) in [4.78, 5) is 14.1. The summed E-state index contributed by atoms with van der Waals surface area (Å²) >= 11 is 0. The van der Waals surface area contributed by atoms with Gasteiger partial charge in [-0.3, -0.25) is 4.79 Å². The van der Waals surface area contributed by atoms with Crippen LogP contribution in [0.25, 0.3) is 6.08 Å². The highest BCUT2D eigenvalue weighted by Crippen LogP contribution is 2.15. The summed E-state index contributed by atoms with van der Waals surface area (Å²) in [5.41, 5.74) is 6.65. The van der Waals surface area contributed by atoms with Crippen LogP contribution in [-0.2, 0) is 4.79 Å². The lowest BCUT2D eigenvalue weighted by atomic mass is 10.3. The number of hydrogen-bond donors (Lipinski definition) is 1. The number of rotatable bonds is 3. The Kier molecular flexibility index (Phi) is 3.03. The number of ether oxygens (including phenoxy) is 1. The summed E-state index contributed by atoms with van der Waals surface area (Å²) in [6.07, 6.45) is 3.53. The molecule has 0 radical (unpaired) electrons. The van der Waals surface area contributed by atoms with Crippen molar-refractivity contribution in [3.8, 4) is 5.88 Å². The molecule has 1 heterocycles. The van der Waals surface area contributed by atoms with Crippen molar-refractivity contribution in [2.45, 2.75) is 0 Å². The van der Waals surface area contributed by atoms with Crippen molar-refractivity contribution in [1.29, 1.82) is 0 Å². The third-order valence-electron chi connectivity index (χ3n) is 1.47. The van der Waals surface area contributed by atoms with Gasteiger partial charge in [0, 0.05) is 6.07 Å². The normalized spacial score (nSPS) is 10.2. The van der Waals surface area contributed by atoms with Gasteiger partial charge < -0.3 is 10.5 Å². The molecule has 13 heavy (non-hydrogen) atoms. The van der Waals surface area contributed by atoms with Crippen LogP contribution in [0, 0.1) is 0 Å². The lowest BCUT2D eigenvalue weighted by Crippen LogP contribution is -1.95. The molecule has 0 aromatic carbocycles. The summed E-state index contributed by atoms with van der Waals surface area (Å²) in [6.45, 7) is 0. The van der Waals surface area contributed by atoms with Crippen LogP contribution in [0.15, 0.2) is 18.2 Å². The maximum Gasteiger partial charge on any atom is 0.213 e. The van der Waals surface area contributed by atoms with E-state index in [0.717, 1.165) is 0 Å². The Morgan fingerprint density at radius 2 is 2.31 bits per heavy atom. The lowest BCUT2D eigenvalue weighted by Gasteiger charge is -2.02. The number of anilines is 1. The van der Waals surface area contributed by atoms with Gasteiger partial charge in [0.05, 0.1) is 18.5 Å². The molecule has 0 unspecified atom stereocenters. The van der Waals surface area contributed by atoms with Crippen LogP contribution < -0.4 is 10.5 Å². The molecule has 1 rings (SSSR count). The maximum absolute atomic E-state index is 10.1. The van der Waals surface area contributed by atoms with Crippen LogP contribution in [0.2, 0.25) is 0 Å². The topological polar surface area (TPSA) is 65.2 Å². The molecule has 0 aliphatic rings. The number of carbonyl (C=O) groups excluding carboxylic acids is 1. The number of carbonyl (C=O) groups is 1. The van der Waals surface area contributed by atoms with Crippen LogP contribution in [0.4, 0.5) is 5.69 Å². The highest BCUT2D eigenvalue weighted by Gasteiger charge is 1.98. The second kappa shape index (κ2) is 4.25. The van der Waals surface area contributed by atoms with E-state index in [2.05, 4.69) is 4.98 Å². The number of aromatic nitrogens is 1. The van der Waals surface area contributed by atoms with Crippen LogP contribution >= 0.6 is 0 Å². The zero-order chi connectivity index (χ0) is 9.68. The maximum atomic E-state index is 10.1. The molecular formula is C9H10N2O2. The van der Waals surface area contributed by atoms with Crippen molar-refractivity contribution < 1.29 is 9.53 Å². The molecule has 1 aromatic heterocycles. The Balaban J connectivity index is 3.03. The summed E-state index contributed by atoms with van der Waals surface area (Å²) in [6, 6.07) is 3.34. The summed E-state index contributed by atoms with van der Waals surface area (Å²) in [5, 5.41) is 0. The van der Waals surface area contributed by atoms with Crippen molar-refractivity contribution in [2.75, 3.05) is 12.8 Å². The average Bonchev–Trinajstić information content (AvgIpc) is 2.17. The fourth-order valence-electron chi connectivity index (χ4n) is 0.845. The average molecular weight is 178 g/mol. The Morgan fingerprint density at radius 3 is 2.92 bits per heavy atom. The molecule has 0 saturated carbocycles. The summed E-state index contributed by atoms with van der Waals surface area (Å²) < 4.78 is 4.90. The molecule has 0 aliphatic heterocycles. The number of allylic oxidation sites excluding steroid dienone is 1. The first-order chi connectivity index (χ1) is 6.27. The van der Waals surface area contributed by atoms with E-state index < -0.39 is 0 Å². The molecule has 4 heteroatoms. The van der Waals surface area contributed by atoms with Gasteiger partial charge in [-0.1, -0.05) is 0 Å². The first kappa shape index (κ1) is 9.25. The lowest BCUT2D eigenvalue weighted by molar-refractivity contribution is -0.104. The van der Waals surface area contributed by atoms with Crippen LogP contribution in [0.3, 0.4) is 0 Å². The van der Waals surface area contributed by atoms with E-state index in [4.69, 9.17) is 10.5 Å². The molecule has 0 bridgehead atoms. The van der Waals surface area contributed by atoms with Crippen LogP contribution in [0.1, 0.15) is 5.69 Å². The number of hydrogen-bond acceptors (Lipinski definition) is 4. The minimum Gasteiger partial charge on any atom is -0.481 e. The monoisotopic (exact) mass is 178 g/mol. The molecule has 68 valence electrons. The molecule has 0 saturated heterocycles. The van der Waals surface area contributed by atoms with Crippen molar-refractivity contribution in [2.24, 2.45) is 0 Å². The van der Waals surface area contributed by atoms with E-state index in [9.17, 15) is 4.79 Å². The van der Waals surface area contributed by atoms with Crippen molar-refractivity contribution in [1.82, 2.24) is 4.98 Å². The first-order valence-electron chi connectivity index (χ1n) is 3.70. The fourth-order valence-corrected chi connectivity index (χ4v) is 0.845. The van der Waals surface area contributed by atoms with Gasteiger partial charge in [-0.2, -0.15) is 0 Å².